The van der Waals surface area contributed by atoms with E-state index in [9.17, 15) is 13.6 Å². The van der Waals surface area contributed by atoms with Crippen molar-refractivity contribution in [3.05, 3.63) is 29.8 Å². The van der Waals surface area contributed by atoms with Gasteiger partial charge in [-0.05, 0) is 17.7 Å². The van der Waals surface area contributed by atoms with Crippen LogP contribution in [0.4, 0.5) is 8.78 Å². The van der Waals surface area contributed by atoms with Crippen molar-refractivity contribution in [1.29, 1.82) is 0 Å². The minimum Gasteiger partial charge on any atom is -0.435 e. The number of hydrogen-bond donors (Lipinski definition) is 2. The van der Waals surface area contributed by atoms with Gasteiger partial charge in [0.25, 0.3) is 5.91 Å². The molecule has 0 bridgehead atoms. The lowest BCUT2D eigenvalue weighted by atomic mass is 10.2. The molecule has 1 rings (SSSR count). The van der Waals surface area contributed by atoms with Crippen LogP contribution in [0.15, 0.2) is 24.3 Å². The standard InChI is InChI=1S/C12H16F2N2O3.ClH/c1-18-10(6-15)11(17)16-7-8-2-4-9(5-3-8)19-12(13)14;/h2-5,10,12H,6-7,15H2,1H3,(H,16,17);1H. The molecule has 1 atom stereocenters. The van der Waals surface area contributed by atoms with E-state index in [2.05, 4.69) is 10.1 Å². The lowest BCUT2D eigenvalue weighted by molar-refractivity contribution is -0.130. The van der Waals surface area contributed by atoms with E-state index in [1.807, 2.05) is 0 Å². The van der Waals surface area contributed by atoms with E-state index >= 15 is 0 Å². The van der Waals surface area contributed by atoms with Crippen molar-refractivity contribution in [2.24, 2.45) is 5.73 Å². The summed E-state index contributed by atoms with van der Waals surface area (Å²) in [6.45, 7) is -2.51. The molecule has 1 aromatic rings. The molecule has 0 heterocycles. The Morgan fingerprint density at radius 2 is 1.95 bits per heavy atom. The van der Waals surface area contributed by atoms with Crippen LogP contribution < -0.4 is 15.8 Å². The zero-order valence-electron chi connectivity index (χ0n) is 10.8. The number of ether oxygens (including phenoxy) is 2. The first-order valence-electron chi connectivity index (χ1n) is 5.61. The summed E-state index contributed by atoms with van der Waals surface area (Å²) in [7, 11) is 1.40. The molecule has 1 aromatic carbocycles. The molecule has 20 heavy (non-hydrogen) atoms. The second-order valence-corrected chi connectivity index (χ2v) is 3.70. The van der Waals surface area contributed by atoms with Gasteiger partial charge in [0.2, 0.25) is 0 Å². The highest BCUT2D eigenvalue weighted by Gasteiger charge is 2.14. The van der Waals surface area contributed by atoms with Gasteiger partial charge in [0.05, 0.1) is 0 Å². The number of halogens is 3. The summed E-state index contributed by atoms with van der Waals surface area (Å²) in [5.41, 5.74) is 6.10. The van der Waals surface area contributed by atoms with Gasteiger partial charge in [-0.25, -0.2) is 0 Å². The molecule has 0 saturated heterocycles. The van der Waals surface area contributed by atoms with Crippen LogP contribution in [0.25, 0.3) is 0 Å². The fourth-order valence-electron chi connectivity index (χ4n) is 1.40. The molecule has 0 radical (unpaired) electrons. The zero-order chi connectivity index (χ0) is 14.3. The first-order chi connectivity index (χ1) is 9.06. The van der Waals surface area contributed by atoms with E-state index in [0.717, 1.165) is 5.56 Å². The van der Waals surface area contributed by atoms with Crippen molar-refractivity contribution in [1.82, 2.24) is 5.32 Å². The predicted molar refractivity (Wildman–Crippen MR) is 72.0 cm³/mol. The maximum absolute atomic E-state index is 11.9. The molecule has 3 N–H and O–H groups in total. The van der Waals surface area contributed by atoms with Gasteiger partial charge in [-0.15, -0.1) is 12.4 Å². The Morgan fingerprint density at radius 3 is 2.40 bits per heavy atom. The molecule has 1 amide bonds. The molecule has 0 aliphatic rings. The fraction of sp³-hybridized carbons (Fsp3) is 0.417. The van der Waals surface area contributed by atoms with Gasteiger partial charge in [-0.2, -0.15) is 8.78 Å². The number of nitrogens with two attached hydrogens (primary N) is 1. The highest BCUT2D eigenvalue weighted by atomic mass is 35.5. The Bertz CT molecular complexity index is 400. The molecule has 1 unspecified atom stereocenters. The Morgan fingerprint density at radius 1 is 1.35 bits per heavy atom. The van der Waals surface area contributed by atoms with Crippen molar-refractivity contribution < 1.29 is 23.0 Å². The van der Waals surface area contributed by atoms with Crippen molar-refractivity contribution in [2.75, 3.05) is 13.7 Å². The first kappa shape index (κ1) is 18.6. The van der Waals surface area contributed by atoms with Gasteiger partial charge in [0, 0.05) is 20.2 Å². The number of hydrogen-bond acceptors (Lipinski definition) is 4. The summed E-state index contributed by atoms with van der Waals surface area (Å²) < 4.78 is 33.0. The summed E-state index contributed by atoms with van der Waals surface area (Å²) in [4.78, 5) is 11.6. The number of amides is 1. The van der Waals surface area contributed by atoms with Crippen LogP contribution in [0.5, 0.6) is 5.75 Å². The van der Waals surface area contributed by atoms with Gasteiger partial charge in [-0.1, -0.05) is 12.1 Å². The number of alkyl halides is 2. The maximum atomic E-state index is 11.9. The lowest BCUT2D eigenvalue weighted by Crippen LogP contribution is -2.40. The number of rotatable bonds is 7. The van der Waals surface area contributed by atoms with Gasteiger partial charge < -0.3 is 20.5 Å². The van der Waals surface area contributed by atoms with Crippen molar-refractivity contribution in [2.45, 2.75) is 19.3 Å². The van der Waals surface area contributed by atoms with E-state index in [0.29, 0.717) is 0 Å². The van der Waals surface area contributed by atoms with Crippen LogP contribution in [-0.2, 0) is 16.1 Å². The highest BCUT2D eigenvalue weighted by molar-refractivity contribution is 5.85. The summed E-state index contributed by atoms with van der Waals surface area (Å²) in [5, 5.41) is 2.63. The number of carbonyl (C=O) groups excluding carboxylic acids is 1. The quantitative estimate of drug-likeness (QED) is 0.796. The molecule has 114 valence electrons. The third-order valence-corrected chi connectivity index (χ3v) is 2.41. The van der Waals surface area contributed by atoms with Gasteiger partial charge in [0.1, 0.15) is 11.9 Å². The van der Waals surface area contributed by atoms with Crippen molar-refractivity contribution in [3.63, 3.8) is 0 Å². The average molecular weight is 311 g/mol. The molecule has 0 aliphatic heterocycles. The van der Waals surface area contributed by atoms with Crippen LogP contribution in [0.3, 0.4) is 0 Å². The fourth-order valence-corrected chi connectivity index (χ4v) is 1.40. The molecule has 0 spiro atoms. The van der Waals surface area contributed by atoms with Crippen LogP contribution in [0.1, 0.15) is 5.56 Å². The molecule has 0 aliphatic carbocycles. The van der Waals surface area contributed by atoms with Gasteiger partial charge >= 0.3 is 6.61 Å². The number of carbonyl (C=O) groups is 1. The van der Waals surface area contributed by atoms with Crippen LogP contribution in [0.2, 0.25) is 0 Å². The molecule has 8 heteroatoms. The number of nitrogens with one attached hydrogen (secondary N) is 1. The minimum atomic E-state index is -2.85. The van der Waals surface area contributed by atoms with Gasteiger partial charge in [0.15, 0.2) is 0 Å². The van der Waals surface area contributed by atoms with E-state index in [1.165, 1.54) is 19.2 Å². The Balaban J connectivity index is 0.00000361. The summed E-state index contributed by atoms with van der Waals surface area (Å²) >= 11 is 0. The zero-order valence-corrected chi connectivity index (χ0v) is 11.7. The molecule has 0 aromatic heterocycles. The normalized spacial score (nSPS) is 11.7. The van der Waals surface area contributed by atoms with Crippen LogP contribution >= 0.6 is 12.4 Å². The third-order valence-electron chi connectivity index (χ3n) is 2.41. The van der Waals surface area contributed by atoms with E-state index in [-0.39, 0.29) is 37.2 Å². The molecular formula is C12H17ClF2N2O3. The topological polar surface area (TPSA) is 73.6 Å². The average Bonchev–Trinajstić information content (AvgIpc) is 2.38. The Kier molecular flexibility index (Phi) is 8.78. The molecule has 0 saturated carbocycles. The molecule has 0 fully saturated rings. The SMILES string of the molecule is COC(CN)C(=O)NCc1ccc(OC(F)F)cc1.Cl. The smallest absolute Gasteiger partial charge is 0.387 e. The predicted octanol–water partition coefficient (Wildman–Crippen LogP) is 1.30. The largest absolute Gasteiger partial charge is 0.435 e. The monoisotopic (exact) mass is 310 g/mol. The lowest BCUT2D eigenvalue weighted by Gasteiger charge is -2.13. The third kappa shape index (κ3) is 6.14. The number of benzene rings is 1. The Hall–Kier alpha value is -1.44. The second-order valence-electron chi connectivity index (χ2n) is 3.70. The first-order valence-corrected chi connectivity index (χ1v) is 5.61. The maximum Gasteiger partial charge on any atom is 0.387 e. The van der Waals surface area contributed by atoms with E-state index in [1.54, 1.807) is 12.1 Å². The summed E-state index contributed by atoms with van der Waals surface area (Å²) in [5.74, 6) is -0.250. The van der Waals surface area contributed by atoms with Crippen molar-refractivity contribution in [3.8, 4) is 5.75 Å². The minimum absolute atomic E-state index is 0. The molecular weight excluding hydrogens is 294 g/mol. The molecule has 5 nitrogen and oxygen atoms in total. The van der Waals surface area contributed by atoms with Gasteiger partial charge in [-0.3, -0.25) is 4.79 Å². The van der Waals surface area contributed by atoms with Crippen LogP contribution in [0, 0.1) is 0 Å². The summed E-state index contributed by atoms with van der Waals surface area (Å²) in [6, 6.07) is 5.99. The van der Waals surface area contributed by atoms with Crippen molar-refractivity contribution >= 4 is 18.3 Å². The van der Waals surface area contributed by atoms with Crippen LogP contribution in [-0.4, -0.2) is 32.3 Å². The second kappa shape index (κ2) is 9.46. The highest BCUT2D eigenvalue weighted by Crippen LogP contribution is 2.14. The number of methoxy groups -OCH3 is 1. The van der Waals surface area contributed by atoms with E-state index in [4.69, 9.17) is 10.5 Å². The van der Waals surface area contributed by atoms with E-state index < -0.39 is 12.7 Å². The Labute approximate surface area is 121 Å². The summed E-state index contributed by atoms with van der Waals surface area (Å²) in [6.07, 6.45) is -0.693.